The molecule has 3 atom stereocenters. The molecule has 3 heteroatoms. The van der Waals surface area contributed by atoms with Gasteiger partial charge in [0, 0.05) is 24.3 Å². The Morgan fingerprint density at radius 2 is 2.33 bits per heavy atom. The van der Waals surface area contributed by atoms with Gasteiger partial charge in [0.2, 0.25) is 0 Å². The number of rotatable bonds is 2. The molecule has 0 N–H and O–H groups in total. The van der Waals surface area contributed by atoms with Crippen LogP contribution in [0.3, 0.4) is 0 Å². The zero-order chi connectivity index (χ0) is 10.8. The molecule has 15 heavy (non-hydrogen) atoms. The van der Waals surface area contributed by atoms with E-state index in [0.717, 1.165) is 24.7 Å². The van der Waals surface area contributed by atoms with Gasteiger partial charge in [0.25, 0.3) is 0 Å². The van der Waals surface area contributed by atoms with E-state index in [1.807, 2.05) is 12.5 Å². The maximum Gasteiger partial charge on any atom is 0.0945 e. The van der Waals surface area contributed by atoms with Gasteiger partial charge in [-0.2, -0.15) is 0 Å². The average Bonchev–Trinajstić information content (AvgIpc) is 2.58. The second kappa shape index (κ2) is 4.56. The first-order chi connectivity index (χ1) is 7.16. The van der Waals surface area contributed by atoms with Crippen LogP contribution in [0.4, 0.5) is 0 Å². The quantitative estimate of drug-likeness (QED) is 0.709. The Kier molecular flexibility index (Phi) is 3.35. The normalized spacial score (nSPS) is 31.8. The van der Waals surface area contributed by atoms with E-state index in [0.29, 0.717) is 5.38 Å². The van der Waals surface area contributed by atoms with Crippen LogP contribution < -0.4 is 0 Å². The first-order valence-corrected chi connectivity index (χ1v) is 6.19. The standard InChI is InChI=1S/C12H19ClN2/c1-9-3-4-11(13)5-10(9)6-12-7-14-8-15(12)2/h7-11H,3-6H2,1-2H3. The van der Waals surface area contributed by atoms with Crippen molar-refractivity contribution in [1.29, 1.82) is 0 Å². The molecule has 0 radical (unpaired) electrons. The van der Waals surface area contributed by atoms with Gasteiger partial charge in [-0.05, 0) is 37.5 Å². The highest BCUT2D eigenvalue weighted by Gasteiger charge is 2.27. The predicted molar refractivity (Wildman–Crippen MR) is 63.1 cm³/mol. The SMILES string of the molecule is CC1CCC(Cl)CC1Cc1cncn1C. The van der Waals surface area contributed by atoms with E-state index in [1.165, 1.54) is 18.5 Å². The van der Waals surface area contributed by atoms with Gasteiger partial charge in [-0.15, -0.1) is 11.6 Å². The summed E-state index contributed by atoms with van der Waals surface area (Å²) in [7, 11) is 2.06. The fraction of sp³-hybridized carbons (Fsp3) is 0.750. The minimum atomic E-state index is 0.388. The molecule has 0 bridgehead atoms. The molecule has 1 fully saturated rings. The summed E-state index contributed by atoms with van der Waals surface area (Å²) in [5, 5.41) is 0.388. The highest BCUT2D eigenvalue weighted by Crippen LogP contribution is 2.34. The van der Waals surface area contributed by atoms with Crippen LogP contribution in [0.2, 0.25) is 0 Å². The molecule has 2 nitrogen and oxygen atoms in total. The first-order valence-electron chi connectivity index (χ1n) is 5.76. The summed E-state index contributed by atoms with van der Waals surface area (Å²) in [6, 6.07) is 0. The molecule has 0 aromatic carbocycles. The molecule has 0 saturated heterocycles. The third kappa shape index (κ3) is 2.54. The number of hydrogen-bond acceptors (Lipinski definition) is 1. The van der Waals surface area contributed by atoms with Crippen LogP contribution in [0, 0.1) is 11.8 Å². The summed E-state index contributed by atoms with van der Waals surface area (Å²) in [5.41, 5.74) is 1.33. The molecule has 0 spiro atoms. The van der Waals surface area contributed by atoms with Crippen molar-refractivity contribution < 1.29 is 0 Å². The van der Waals surface area contributed by atoms with Crippen LogP contribution in [0.25, 0.3) is 0 Å². The van der Waals surface area contributed by atoms with Gasteiger partial charge in [-0.1, -0.05) is 6.92 Å². The smallest absolute Gasteiger partial charge is 0.0945 e. The van der Waals surface area contributed by atoms with Crippen molar-refractivity contribution in [3.63, 3.8) is 0 Å². The lowest BCUT2D eigenvalue weighted by Gasteiger charge is -2.31. The Morgan fingerprint density at radius 1 is 1.53 bits per heavy atom. The average molecular weight is 227 g/mol. The maximum atomic E-state index is 6.23. The van der Waals surface area contributed by atoms with Crippen LogP contribution in [0.5, 0.6) is 0 Å². The summed E-state index contributed by atoms with van der Waals surface area (Å²) < 4.78 is 2.12. The molecular weight excluding hydrogens is 208 g/mol. The van der Waals surface area contributed by atoms with Crippen molar-refractivity contribution in [3.05, 3.63) is 18.2 Å². The van der Waals surface area contributed by atoms with E-state index in [2.05, 4.69) is 23.5 Å². The number of hydrogen-bond donors (Lipinski definition) is 0. The topological polar surface area (TPSA) is 17.8 Å². The first kappa shape index (κ1) is 11.0. The predicted octanol–water partition coefficient (Wildman–Crippen LogP) is 3.01. The zero-order valence-electron chi connectivity index (χ0n) is 9.49. The van der Waals surface area contributed by atoms with E-state index in [4.69, 9.17) is 11.6 Å². The van der Waals surface area contributed by atoms with Gasteiger partial charge >= 0.3 is 0 Å². The summed E-state index contributed by atoms with van der Waals surface area (Å²) in [6.07, 6.45) is 8.60. The minimum absolute atomic E-state index is 0.388. The zero-order valence-corrected chi connectivity index (χ0v) is 10.2. The summed E-state index contributed by atoms with van der Waals surface area (Å²) in [5.74, 6) is 1.53. The number of halogens is 1. The monoisotopic (exact) mass is 226 g/mol. The number of imidazole rings is 1. The van der Waals surface area contributed by atoms with Crippen molar-refractivity contribution in [2.75, 3.05) is 0 Å². The Balaban J connectivity index is 2.01. The highest BCUT2D eigenvalue weighted by atomic mass is 35.5. The number of alkyl halides is 1. The highest BCUT2D eigenvalue weighted by molar-refractivity contribution is 6.20. The molecule has 1 saturated carbocycles. The minimum Gasteiger partial charge on any atom is -0.338 e. The fourth-order valence-corrected chi connectivity index (χ4v) is 2.85. The van der Waals surface area contributed by atoms with Crippen LogP contribution in [-0.2, 0) is 13.5 Å². The van der Waals surface area contributed by atoms with Crippen LogP contribution >= 0.6 is 11.6 Å². The van der Waals surface area contributed by atoms with E-state index in [9.17, 15) is 0 Å². The molecule has 1 aliphatic rings. The lowest BCUT2D eigenvalue weighted by molar-refractivity contribution is 0.255. The Labute approximate surface area is 96.7 Å². The fourth-order valence-electron chi connectivity index (χ4n) is 2.49. The lowest BCUT2D eigenvalue weighted by atomic mass is 9.78. The van der Waals surface area contributed by atoms with Crippen molar-refractivity contribution in [1.82, 2.24) is 9.55 Å². The molecule has 0 aliphatic heterocycles. The third-order valence-corrected chi connectivity index (χ3v) is 4.08. The summed E-state index contributed by atoms with van der Waals surface area (Å²) >= 11 is 6.23. The molecule has 2 rings (SSSR count). The van der Waals surface area contributed by atoms with Crippen molar-refractivity contribution >= 4 is 11.6 Å². The number of aromatic nitrogens is 2. The lowest BCUT2D eigenvalue weighted by Crippen LogP contribution is -2.25. The Morgan fingerprint density at radius 3 is 3.00 bits per heavy atom. The molecule has 1 aromatic rings. The molecule has 1 aromatic heterocycles. The molecule has 1 heterocycles. The Hall–Kier alpha value is -0.500. The molecule has 3 unspecified atom stereocenters. The summed E-state index contributed by atoms with van der Waals surface area (Å²) in [4.78, 5) is 4.16. The third-order valence-electron chi connectivity index (χ3n) is 3.69. The second-order valence-corrected chi connectivity index (χ2v) is 5.46. The van der Waals surface area contributed by atoms with Gasteiger partial charge < -0.3 is 4.57 Å². The van der Waals surface area contributed by atoms with Gasteiger partial charge in [0.05, 0.1) is 6.33 Å². The van der Waals surface area contributed by atoms with E-state index >= 15 is 0 Å². The molecule has 0 amide bonds. The Bertz CT molecular complexity index is 321. The van der Waals surface area contributed by atoms with Gasteiger partial charge in [0.1, 0.15) is 0 Å². The van der Waals surface area contributed by atoms with E-state index < -0.39 is 0 Å². The van der Waals surface area contributed by atoms with Crippen molar-refractivity contribution in [2.24, 2.45) is 18.9 Å². The molecule has 1 aliphatic carbocycles. The second-order valence-electron chi connectivity index (χ2n) is 4.85. The number of aryl methyl sites for hydroxylation is 1. The number of nitrogens with zero attached hydrogens (tertiary/aromatic N) is 2. The molecular formula is C12H19ClN2. The van der Waals surface area contributed by atoms with Gasteiger partial charge in [-0.3, -0.25) is 0 Å². The maximum absolute atomic E-state index is 6.23. The van der Waals surface area contributed by atoms with Gasteiger partial charge in [-0.25, -0.2) is 4.98 Å². The largest absolute Gasteiger partial charge is 0.338 e. The van der Waals surface area contributed by atoms with Crippen LogP contribution in [0.15, 0.2) is 12.5 Å². The summed E-state index contributed by atoms with van der Waals surface area (Å²) in [6.45, 7) is 2.35. The van der Waals surface area contributed by atoms with Crippen molar-refractivity contribution in [3.8, 4) is 0 Å². The molecule has 84 valence electrons. The van der Waals surface area contributed by atoms with Crippen LogP contribution in [0.1, 0.15) is 31.9 Å². The van der Waals surface area contributed by atoms with Crippen LogP contribution in [-0.4, -0.2) is 14.9 Å². The van der Waals surface area contributed by atoms with E-state index in [-0.39, 0.29) is 0 Å². The van der Waals surface area contributed by atoms with Crippen molar-refractivity contribution in [2.45, 2.75) is 38.0 Å². The van der Waals surface area contributed by atoms with Gasteiger partial charge in [0.15, 0.2) is 0 Å². The van der Waals surface area contributed by atoms with E-state index in [1.54, 1.807) is 0 Å².